The zero-order chi connectivity index (χ0) is 9.87. The summed E-state index contributed by atoms with van der Waals surface area (Å²) in [6, 6.07) is 0. The lowest BCUT2D eigenvalue weighted by atomic mass is 9.73. The zero-order valence-corrected chi connectivity index (χ0v) is 8.37. The molecular weight excluding hydrogens is 204 g/mol. The number of halogens is 1. The average molecular weight is 215 g/mol. The minimum atomic E-state index is -0.276. The molecule has 3 rings (SSSR count). The molecule has 2 saturated carbocycles. The van der Waals surface area contributed by atoms with E-state index in [1.807, 2.05) is 0 Å². The maximum Gasteiger partial charge on any atom is 0.309 e. The van der Waals surface area contributed by atoms with E-state index in [4.69, 9.17) is 16.3 Å². The van der Waals surface area contributed by atoms with E-state index in [-0.39, 0.29) is 41.0 Å². The van der Waals surface area contributed by atoms with Crippen LogP contribution in [0.5, 0.6) is 0 Å². The number of ketones is 1. The van der Waals surface area contributed by atoms with Gasteiger partial charge in [-0.1, -0.05) is 0 Å². The van der Waals surface area contributed by atoms with Gasteiger partial charge in [-0.3, -0.25) is 9.59 Å². The van der Waals surface area contributed by atoms with E-state index in [1.165, 1.54) is 0 Å². The second kappa shape index (κ2) is 2.72. The maximum atomic E-state index is 11.7. The predicted octanol–water partition coefficient (Wildman–Crippen LogP) is 1.13. The number of alkyl halides is 1. The first kappa shape index (κ1) is 8.72. The summed E-state index contributed by atoms with van der Waals surface area (Å²) in [6.07, 6.45) is 1.74. The monoisotopic (exact) mass is 214 g/mol. The van der Waals surface area contributed by atoms with Gasteiger partial charge in [-0.2, -0.15) is 0 Å². The number of Topliss-reactive ketones (excluding diaryl/α,β-unsaturated/α-hetero) is 1. The van der Waals surface area contributed by atoms with E-state index in [0.717, 1.165) is 6.42 Å². The van der Waals surface area contributed by atoms with Crippen LogP contribution in [-0.2, 0) is 14.3 Å². The number of rotatable bonds is 0. The Labute approximate surface area is 86.7 Å². The summed E-state index contributed by atoms with van der Waals surface area (Å²) in [5.74, 6) is 0.0912. The molecule has 3 nitrogen and oxygen atoms in total. The van der Waals surface area contributed by atoms with Crippen LogP contribution in [-0.4, -0.2) is 23.2 Å². The van der Waals surface area contributed by atoms with Crippen LogP contribution >= 0.6 is 11.6 Å². The highest BCUT2D eigenvalue weighted by Crippen LogP contribution is 2.50. The second-order valence-corrected chi connectivity index (χ2v) is 4.96. The molecule has 2 aliphatic carbocycles. The molecule has 1 heterocycles. The standard InChI is InChI=1S/C10H11ClO3/c11-9-7-3-5-4(10(13)14-7)1-2-6(12)8(5)9/h4-5,7-9H,1-3H2. The third-order valence-electron chi connectivity index (χ3n) is 3.82. The first-order chi connectivity index (χ1) is 6.68. The molecule has 1 aliphatic heterocycles. The maximum absolute atomic E-state index is 11.7. The van der Waals surface area contributed by atoms with E-state index in [0.29, 0.717) is 12.8 Å². The van der Waals surface area contributed by atoms with Gasteiger partial charge in [0.25, 0.3) is 0 Å². The van der Waals surface area contributed by atoms with Crippen molar-refractivity contribution in [3.63, 3.8) is 0 Å². The van der Waals surface area contributed by atoms with Crippen molar-refractivity contribution in [2.45, 2.75) is 30.7 Å². The van der Waals surface area contributed by atoms with Crippen molar-refractivity contribution in [3.8, 4) is 0 Å². The third-order valence-corrected chi connectivity index (χ3v) is 4.38. The number of carbonyl (C=O) groups excluding carboxylic acids is 2. The Bertz CT molecular complexity index is 312. The zero-order valence-electron chi connectivity index (χ0n) is 7.61. The Hall–Kier alpha value is -0.570. The minimum absolute atomic E-state index is 0.0577. The lowest BCUT2D eigenvalue weighted by Gasteiger charge is -2.32. The molecule has 0 spiro atoms. The molecular formula is C10H11ClO3. The first-order valence-electron chi connectivity index (χ1n) is 5.06. The number of esters is 1. The van der Waals surface area contributed by atoms with Crippen molar-refractivity contribution in [2.75, 3.05) is 0 Å². The molecule has 5 unspecified atom stereocenters. The van der Waals surface area contributed by atoms with E-state index < -0.39 is 0 Å². The largest absolute Gasteiger partial charge is 0.461 e. The number of carbonyl (C=O) groups is 2. The van der Waals surface area contributed by atoms with Gasteiger partial charge in [0.1, 0.15) is 11.9 Å². The number of hydrogen-bond acceptors (Lipinski definition) is 3. The summed E-state index contributed by atoms with van der Waals surface area (Å²) in [6.45, 7) is 0. The molecule has 3 aliphatic rings. The van der Waals surface area contributed by atoms with E-state index in [9.17, 15) is 9.59 Å². The number of fused-ring (bicyclic) bond motifs is 1. The van der Waals surface area contributed by atoms with Crippen molar-refractivity contribution >= 4 is 23.4 Å². The molecule has 0 aromatic heterocycles. The van der Waals surface area contributed by atoms with Gasteiger partial charge in [0.05, 0.1) is 11.3 Å². The summed E-state index contributed by atoms with van der Waals surface area (Å²) in [5.41, 5.74) is 0. The first-order valence-corrected chi connectivity index (χ1v) is 5.49. The van der Waals surface area contributed by atoms with Gasteiger partial charge < -0.3 is 4.74 Å². The summed E-state index contributed by atoms with van der Waals surface area (Å²) >= 11 is 6.14. The fraction of sp³-hybridized carbons (Fsp3) is 0.800. The Morgan fingerprint density at radius 1 is 1.36 bits per heavy atom. The van der Waals surface area contributed by atoms with Gasteiger partial charge in [-0.15, -0.1) is 11.6 Å². The molecule has 1 saturated heterocycles. The van der Waals surface area contributed by atoms with Gasteiger partial charge in [-0.05, 0) is 18.8 Å². The molecule has 14 heavy (non-hydrogen) atoms. The van der Waals surface area contributed by atoms with Crippen LogP contribution in [0.15, 0.2) is 0 Å². The number of ether oxygens (including phenoxy) is 1. The summed E-state index contributed by atoms with van der Waals surface area (Å²) in [5, 5.41) is -0.276. The molecule has 3 fully saturated rings. The highest BCUT2D eigenvalue weighted by atomic mass is 35.5. The van der Waals surface area contributed by atoms with E-state index in [1.54, 1.807) is 0 Å². The summed E-state index contributed by atoms with van der Waals surface area (Å²) < 4.78 is 5.23. The quantitative estimate of drug-likeness (QED) is 0.449. The minimum Gasteiger partial charge on any atom is -0.461 e. The Balaban J connectivity index is 2.02. The molecule has 4 heteroatoms. The fourth-order valence-corrected chi connectivity index (χ4v) is 3.65. The summed E-state index contributed by atoms with van der Waals surface area (Å²) in [7, 11) is 0. The van der Waals surface area contributed by atoms with Crippen molar-refractivity contribution in [3.05, 3.63) is 0 Å². The van der Waals surface area contributed by atoms with Gasteiger partial charge in [-0.25, -0.2) is 0 Å². The van der Waals surface area contributed by atoms with Crippen molar-refractivity contribution in [1.29, 1.82) is 0 Å². The van der Waals surface area contributed by atoms with Crippen molar-refractivity contribution in [2.24, 2.45) is 17.8 Å². The third kappa shape index (κ3) is 0.937. The van der Waals surface area contributed by atoms with Gasteiger partial charge >= 0.3 is 5.97 Å². The normalized spacial score (nSPS) is 50.5. The molecule has 0 aromatic carbocycles. The molecule has 0 amide bonds. The van der Waals surface area contributed by atoms with Crippen LogP contribution in [0, 0.1) is 17.8 Å². The SMILES string of the molecule is O=C1OC2CC3C1CCC(=O)C3C2Cl. The molecule has 0 N–H and O–H groups in total. The highest BCUT2D eigenvalue weighted by Gasteiger charge is 2.57. The van der Waals surface area contributed by atoms with Crippen LogP contribution in [0.2, 0.25) is 0 Å². The van der Waals surface area contributed by atoms with Crippen molar-refractivity contribution < 1.29 is 14.3 Å². The van der Waals surface area contributed by atoms with Crippen LogP contribution in [0.3, 0.4) is 0 Å². The van der Waals surface area contributed by atoms with Crippen molar-refractivity contribution in [1.82, 2.24) is 0 Å². The Morgan fingerprint density at radius 2 is 2.14 bits per heavy atom. The highest BCUT2D eigenvalue weighted by molar-refractivity contribution is 6.23. The fourth-order valence-electron chi connectivity index (χ4n) is 3.16. The van der Waals surface area contributed by atoms with E-state index >= 15 is 0 Å². The van der Waals surface area contributed by atoms with Crippen LogP contribution < -0.4 is 0 Å². The lowest BCUT2D eigenvalue weighted by Crippen LogP contribution is -2.38. The van der Waals surface area contributed by atoms with Gasteiger partial charge in [0.15, 0.2) is 0 Å². The van der Waals surface area contributed by atoms with Gasteiger partial charge in [0.2, 0.25) is 0 Å². The van der Waals surface area contributed by atoms with Crippen LogP contribution in [0.1, 0.15) is 19.3 Å². The Morgan fingerprint density at radius 3 is 2.93 bits per heavy atom. The lowest BCUT2D eigenvalue weighted by molar-refractivity contribution is -0.161. The van der Waals surface area contributed by atoms with E-state index in [2.05, 4.69) is 0 Å². The smallest absolute Gasteiger partial charge is 0.309 e. The Kier molecular flexibility index (Phi) is 1.69. The molecule has 0 radical (unpaired) electrons. The summed E-state index contributed by atoms with van der Waals surface area (Å²) in [4.78, 5) is 23.2. The predicted molar refractivity (Wildman–Crippen MR) is 48.8 cm³/mol. The van der Waals surface area contributed by atoms with Crippen LogP contribution in [0.4, 0.5) is 0 Å². The van der Waals surface area contributed by atoms with Crippen LogP contribution in [0.25, 0.3) is 0 Å². The molecule has 76 valence electrons. The van der Waals surface area contributed by atoms with Gasteiger partial charge in [0, 0.05) is 12.3 Å². The molecule has 5 atom stereocenters. The topological polar surface area (TPSA) is 43.4 Å². The molecule has 0 aromatic rings. The second-order valence-electron chi connectivity index (χ2n) is 4.46. The number of hydrogen-bond donors (Lipinski definition) is 0. The molecule has 2 bridgehead atoms. The average Bonchev–Trinajstić information content (AvgIpc) is 2.43.